The Bertz CT molecular complexity index is 3230. The zero-order valence-corrected chi connectivity index (χ0v) is 76.7. The number of rotatable bonds is 56. The van der Waals surface area contributed by atoms with Gasteiger partial charge in [0.25, 0.3) is 0 Å². The summed E-state index contributed by atoms with van der Waals surface area (Å²) in [5, 5.41) is 257. The Morgan fingerprint density at radius 2 is 0.636 bits per heavy atom. The van der Waals surface area contributed by atoms with Crippen molar-refractivity contribution in [2.45, 2.75) is 479 Å². The first-order valence-electron chi connectivity index (χ1n) is 47.7. The summed E-state index contributed by atoms with van der Waals surface area (Å²) < 4.78 is 96.7. The summed E-state index contributed by atoms with van der Waals surface area (Å²) in [6.45, 7) is 1.92. The summed E-state index contributed by atoms with van der Waals surface area (Å²) in [7, 11) is 0. The van der Waals surface area contributed by atoms with Crippen LogP contribution in [0.2, 0.25) is 0 Å². The molecule has 8 fully saturated rings. The average molecular weight is 1910 g/mol. The van der Waals surface area contributed by atoms with E-state index in [1.165, 1.54) is 123 Å². The van der Waals surface area contributed by atoms with Crippen molar-refractivity contribution in [2.75, 3.05) is 46.2 Å². The van der Waals surface area contributed by atoms with E-state index in [2.05, 4.69) is 29.8 Å². The fourth-order valence-corrected chi connectivity index (χ4v) is 17.9. The molecule has 3 amide bonds. The molecule has 42 atom stereocenters. The third kappa shape index (κ3) is 32.1. The molecule has 8 rings (SSSR count). The van der Waals surface area contributed by atoms with E-state index in [9.17, 15) is 127 Å². The first kappa shape index (κ1) is 114. The minimum absolute atomic E-state index is 0.154. The Hall–Kier alpha value is -3.37. The zero-order valence-electron chi connectivity index (χ0n) is 76.7. The Labute approximate surface area is 770 Å². The van der Waals surface area contributed by atoms with Crippen LogP contribution in [0.4, 0.5) is 0 Å². The molecule has 0 radical (unpaired) electrons. The van der Waals surface area contributed by atoms with Gasteiger partial charge < -0.3 is 204 Å². The molecular weight excluding hydrogens is 1750 g/mol. The van der Waals surface area contributed by atoms with Crippen LogP contribution in [0.5, 0.6) is 0 Å². The topological polar surface area (TPSA) is 680 Å². The monoisotopic (exact) mass is 1910 g/mol. The van der Waals surface area contributed by atoms with E-state index in [0.717, 1.165) is 65.2 Å². The van der Waals surface area contributed by atoms with Crippen molar-refractivity contribution < 1.29 is 203 Å². The lowest BCUT2D eigenvalue weighted by Crippen LogP contribution is -2.72. The summed E-state index contributed by atoms with van der Waals surface area (Å²) in [5.41, 5.74) is 0. The smallest absolute Gasteiger partial charge is 0.220 e. The van der Waals surface area contributed by atoms with Gasteiger partial charge in [0.05, 0.1) is 70.6 Å². The van der Waals surface area contributed by atoms with Crippen molar-refractivity contribution in [2.24, 2.45) is 0 Å². The molecule has 0 aromatic rings. The largest absolute Gasteiger partial charge is 0.394 e. The number of carbonyl (C=O) groups excluding carboxylic acids is 3. The van der Waals surface area contributed by atoms with Crippen LogP contribution in [0, 0.1) is 0 Å². The van der Waals surface area contributed by atoms with Crippen molar-refractivity contribution in [3.05, 3.63) is 12.2 Å². The van der Waals surface area contributed by atoms with Gasteiger partial charge in [-0.05, 0) is 33.1 Å². The fraction of sp³-hybridized carbons (Fsp3) is 0.943. The highest BCUT2D eigenvalue weighted by Gasteiger charge is 2.61. The predicted molar refractivity (Wildman–Crippen MR) is 456 cm³/mol. The summed E-state index contributed by atoms with van der Waals surface area (Å²) in [5.74, 6) is -2.24. The van der Waals surface area contributed by atoms with E-state index in [0.29, 0.717) is 12.8 Å². The number of aliphatic hydroxyl groups excluding tert-OH is 22. The van der Waals surface area contributed by atoms with E-state index in [1.54, 1.807) is 6.08 Å². The van der Waals surface area contributed by atoms with Crippen LogP contribution in [0.3, 0.4) is 0 Å². The lowest BCUT2D eigenvalue weighted by molar-refractivity contribution is -0.401. The summed E-state index contributed by atoms with van der Waals surface area (Å²) >= 11 is 0. The van der Waals surface area contributed by atoms with E-state index >= 15 is 0 Å². The Balaban J connectivity index is 0.950. The highest BCUT2D eigenvalue weighted by molar-refractivity contribution is 5.76. The van der Waals surface area contributed by atoms with Gasteiger partial charge in [-0.25, -0.2) is 0 Å². The molecule has 0 saturated carbocycles. The molecule has 44 heteroatoms. The van der Waals surface area contributed by atoms with E-state index in [4.69, 9.17) is 75.8 Å². The minimum Gasteiger partial charge on any atom is -0.394 e. The lowest BCUT2D eigenvalue weighted by atomic mass is 9.93. The molecule has 0 aromatic carbocycles. The lowest BCUT2D eigenvalue weighted by Gasteiger charge is -2.52. The average Bonchev–Trinajstić information content (AvgIpc) is 0.756. The predicted octanol–water partition coefficient (Wildman–Crippen LogP) is -4.72. The zero-order chi connectivity index (χ0) is 96.6. The standard InChI is InChI=1S/C88H157N3O41/c1-7-9-11-13-15-17-19-21-22-24-26-28-30-32-34-36-56(101)91-48(49(100)35-33-31-29-27-25-23-20-18-16-14-12-10-8-2)43-117-83-71(114)68(111)75(54(41-96)125-83)127-87-72(115)78(62(105)51(38-93)121-87)130-81-57(89-46(5)98)64(107)74(53(40-95)123-81)126-86-73(116)79(63(106)52(39-94)120-86)131-82-58(90-47(6)99)77(129-84-69(112)65(108)59(102)44(3)118-84)76(55(42-97)124-82)128-88-80(67(110)61(104)50(37-92)122-88)132-85-70(113)66(109)60(103)45(4)119-85/h33,35,44-45,48-55,57-88,92-97,100,102-116H,7-32,34,36-43H2,1-6H3,(H,89,98)(H,90,99)(H,91,101)/b35-33+/t44?,45?,48-,49+,50?,51?,52?,53?,54?,55?,57?,58?,59+,60+,61-,62-,63-,64+,65?,66?,67-,68+,69-,70-,71?,72?,73?,74+,75+,76+,77+,78-,79-,80?,81-,82-,83+,84+,85+,86-,87-,88-/m0/s1. The molecule has 8 aliphatic heterocycles. The second kappa shape index (κ2) is 58.1. The molecule has 8 heterocycles. The normalized spacial score (nSPS) is 40.4. The minimum atomic E-state index is -2.40. The molecule has 16 unspecified atom stereocenters. The molecule has 132 heavy (non-hydrogen) atoms. The quantitative estimate of drug-likeness (QED) is 0.0201. The van der Waals surface area contributed by atoms with Gasteiger partial charge in [-0.15, -0.1) is 0 Å². The molecule has 0 spiro atoms. The third-order valence-corrected chi connectivity index (χ3v) is 25.9. The van der Waals surface area contributed by atoms with Crippen molar-refractivity contribution in [3.8, 4) is 0 Å². The van der Waals surface area contributed by atoms with Gasteiger partial charge in [-0.1, -0.05) is 180 Å². The maximum Gasteiger partial charge on any atom is 0.220 e. The fourth-order valence-electron chi connectivity index (χ4n) is 17.9. The van der Waals surface area contributed by atoms with Crippen molar-refractivity contribution in [1.82, 2.24) is 16.0 Å². The highest BCUT2D eigenvalue weighted by Crippen LogP contribution is 2.41. The molecule has 44 nitrogen and oxygen atoms in total. The molecule has 8 saturated heterocycles. The molecular formula is C88H157N3O41. The van der Waals surface area contributed by atoms with Gasteiger partial charge in [-0.2, -0.15) is 0 Å². The highest BCUT2D eigenvalue weighted by atomic mass is 16.8. The van der Waals surface area contributed by atoms with E-state index in [-0.39, 0.29) is 12.3 Å². The van der Waals surface area contributed by atoms with Gasteiger partial charge >= 0.3 is 0 Å². The first-order chi connectivity index (χ1) is 63.2. The number of nitrogens with one attached hydrogen (secondary N) is 3. The maximum atomic E-state index is 13.6. The Morgan fingerprint density at radius 3 is 1.08 bits per heavy atom. The van der Waals surface area contributed by atoms with Crippen molar-refractivity contribution in [3.63, 3.8) is 0 Å². The van der Waals surface area contributed by atoms with Gasteiger partial charge in [0.1, 0.15) is 183 Å². The summed E-state index contributed by atoms with van der Waals surface area (Å²) in [4.78, 5) is 40.3. The number of aliphatic hydroxyl groups is 22. The summed E-state index contributed by atoms with van der Waals surface area (Å²) in [6.07, 6.45) is -42.5. The van der Waals surface area contributed by atoms with Crippen LogP contribution in [0.15, 0.2) is 12.2 Å². The SMILES string of the molecule is CCCCCCCCCCCCC/C=C/[C@@H](O)[C@H](CO[C@@H]1OC(CO)[C@@H](O[C@@H]2OC(CO)[C@H](O)[C@H](O[C@@H]3OC(CO)[C@@H](O[C@@H]4OC(CO)[C@H](O)[C@H](O[C@@H]5OC(CO)[C@@H](O[C@@H]6OC(CO)[C@H](O)[C@H](O)C6O[C@H]6OC(C)[C@@H](O)C(O)[C@@H]6O)[C@H](O[C@H]6OC(C)[C@@H](O)C(O)[C@@H]6O)C5NC(C)=O)C4O)[C@H](O)C3NC(C)=O)C2O)[C@H](O)C1O)NC(=O)CCCCCCCCCCCCCCCCC. The molecule has 8 aliphatic rings. The van der Waals surface area contributed by atoms with Gasteiger partial charge in [0, 0.05) is 20.3 Å². The van der Waals surface area contributed by atoms with Gasteiger partial charge in [-0.3, -0.25) is 14.4 Å². The number of carbonyl (C=O) groups is 3. The number of hydrogen-bond donors (Lipinski definition) is 25. The molecule has 770 valence electrons. The molecule has 0 aromatic heterocycles. The van der Waals surface area contributed by atoms with Crippen LogP contribution in [0.1, 0.15) is 221 Å². The Kier molecular flexibility index (Phi) is 50.2. The number of hydrogen-bond acceptors (Lipinski definition) is 41. The molecule has 0 aliphatic carbocycles. The molecule has 0 bridgehead atoms. The number of unbranched alkanes of at least 4 members (excludes halogenated alkanes) is 25. The van der Waals surface area contributed by atoms with Crippen molar-refractivity contribution in [1.29, 1.82) is 0 Å². The second-order valence-electron chi connectivity index (χ2n) is 36.2. The van der Waals surface area contributed by atoms with E-state index < -0.39 is 316 Å². The Morgan fingerprint density at radius 1 is 0.311 bits per heavy atom. The summed E-state index contributed by atoms with van der Waals surface area (Å²) in [6, 6.07) is -4.99. The van der Waals surface area contributed by atoms with Crippen LogP contribution in [-0.2, 0) is 90.2 Å². The van der Waals surface area contributed by atoms with Crippen molar-refractivity contribution >= 4 is 17.7 Å². The first-order valence-corrected chi connectivity index (χ1v) is 47.7. The maximum absolute atomic E-state index is 13.6. The van der Waals surface area contributed by atoms with Crippen LogP contribution in [-0.4, -0.2) is 434 Å². The second-order valence-corrected chi connectivity index (χ2v) is 36.2. The van der Waals surface area contributed by atoms with E-state index in [1.807, 2.05) is 6.08 Å². The van der Waals surface area contributed by atoms with Gasteiger partial charge in [0.15, 0.2) is 50.3 Å². The van der Waals surface area contributed by atoms with Crippen LogP contribution in [0.25, 0.3) is 0 Å². The number of amides is 3. The van der Waals surface area contributed by atoms with Gasteiger partial charge in [0.2, 0.25) is 17.7 Å². The number of ether oxygens (including phenoxy) is 16. The number of allylic oxidation sites excluding steroid dienone is 1. The molecule has 25 N–H and O–H groups in total. The van der Waals surface area contributed by atoms with Crippen LogP contribution >= 0.6 is 0 Å². The third-order valence-electron chi connectivity index (χ3n) is 25.9. The van der Waals surface area contributed by atoms with Crippen LogP contribution < -0.4 is 16.0 Å².